The highest BCUT2D eigenvalue weighted by atomic mass is 16.2. The topological polar surface area (TPSA) is 75.2 Å². The Morgan fingerprint density at radius 2 is 1.89 bits per heavy atom. The standard InChI is InChI=1S/C21H21N3O3/c1-2-23-18-11-8-15(12-17(18)22-19(25)21(23)27)20(26)24(16-9-10-16)13-14-6-4-3-5-7-14/h3-8,11-12,16H,2,9-10,13H2,1H3,(H,22,25). The van der Waals surface area contributed by atoms with Crippen molar-refractivity contribution >= 4 is 16.9 Å². The van der Waals surface area contributed by atoms with Gasteiger partial charge in [-0.05, 0) is 43.5 Å². The summed E-state index contributed by atoms with van der Waals surface area (Å²) in [5.74, 6) is -0.0571. The number of amides is 1. The molecule has 1 aromatic heterocycles. The van der Waals surface area contributed by atoms with Gasteiger partial charge in [0.2, 0.25) is 0 Å². The second kappa shape index (κ2) is 6.87. The van der Waals surface area contributed by atoms with Crippen LogP contribution in [-0.4, -0.2) is 26.4 Å². The zero-order valence-corrected chi connectivity index (χ0v) is 15.1. The molecule has 0 bridgehead atoms. The monoisotopic (exact) mass is 363 g/mol. The number of hydrogen-bond acceptors (Lipinski definition) is 3. The van der Waals surface area contributed by atoms with Crippen LogP contribution in [0.2, 0.25) is 0 Å². The number of rotatable bonds is 5. The predicted octanol–water partition coefficient (Wildman–Crippen LogP) is 2.51. The van der Waals surface area contributed by atoms with Crippen molar-refractivity contribution in [3.05, 3.63) is 80.4 Å². The van der Waals surface area contributed by atoms with E-state index >= 15 is 0 Å². The molecule has 0 atom stereocenters. The quantitative estimate of drug-likeness (QED) is 0.708. The first-order chi connectivity index (χ1) is 13.1. The maximum absolute atomic E-state index is 13.1. The Bertz CT molecular complexity index is 1110. The van der Waals surface area contributed by atoms with E-state index in [2.05, 4.69) is 4.98 Å². The number of aryl methyl sites for hydroxylation is 1. The zero-order valence-electron chi connectivity index (χ0n) is 15.1. The van der Waals surface area contributed by atoms with Crippen LogP contribution in [0.25, 0.3) is 11.0 Å². The fourth-order valence-corrected chi connectivity index (χ4v) is 3.43. The van der Waals surface area contributed by atoms with E-state index < -0.39 is 11.1 Å². The van der Waals surface area contributed by atoms with E-state index in [4.69, 9.17) is 0 Å². The Balaban J connectivity index is 1.72. The van der Waals surface area contributed by atoms with Gasteiger partial charge in [-0.25, -0.2) is 0 Å². The summed E-state index contributed by atoms with van der Waals surface area (Å²) in [6.07, 6.45) is 2.02. The summed E-state index contributed by atoms with van der Waals surface area (Å²) in [5, 5.41) is 0. The first-order valence-electron chi connectivity index (χ1n) is 9.20. The van der Waals surface area contributed by atoms with Gasteiger partial charge in [0.1, 0.15) is 0 Å². The van der Waals surface area contributed by atoms with E-state index in [0.717, 1.165) is 18.4 Å². The molecule has 138 valence electrons. The van der Waals surface area contributed by atoms with Gasteiger partial charge in [0.05, 0.1) is 11.0 Å². The van der Waals surface area contributed by atoms with Crippen LogP contribution in [-0.2, 0) is 13.1 Å². The minimum atomic E-state index is -0.669. The lowest BCUT2D eigenvalue weighted by Gasteiger charge is -2.23. The third-order valence-electron chi connectivity index (χ3n) is 4.98. The molecule has 1 saturated carbocycles. The van der Waals surface area contributed by atoms with Crippen LogP contribution in [0.15, 0.2) is 58.1 Å². The molecule has 3 aromatic rings. The molecular formula is C21H21N3O3. The molecule has 4 rings (SSSR count). The molecule has 0 unspecified atom stereocenters. The third-order valence-corrected chi connectivity index (χ3v) is 4.98. The van der Waals surface area contributed by atoms with E-state index in [1.54, 1.807) is 18.2 Å². The highest BCUT2D eigenvalue weighted by Gasteiger charge is 2.33. The van der Waals surface area contributed by atoms with Crippen LogP contribution in [0.3, 0.4) is 0 Å². The highest BCUT2D eigenvalue weighted by molar-refractivity contribution is 5.97. The number of nitrogens with zero attached hydrogens (tertiary/aromatic N) is 2. The van der Waals surface area contributed by atoms with Gasteiger partial charge in [0.15, 0.2) is 0 Å². The van der Waals surface area contributed by atoms with Crippen molar-refractivity contribution in [2.45, 2.75) is 38.9 Å². The van der Waals surface area contributed by atoms with Gasteiger partial charge in [-0.1, -0.05) is 30.3 Å². The molecule has 1 aliphatic carbocycles. The van der Waals surface area contributed by atoms with Gasteiger partial charge in [0.25, 0.3) is 5.91 Å². The number of H-pyrrole nitrogens is 1. The van der Waals surface area contributed by atoms with E-state index in [-0.39, 0.29) is 11.9 Å². The van der Waals surface area contributed by atoms with Gasteiger partial charge < -0.3 is 14.5 Å². The number of carbonyl (C=O) groups excluding carboxylic acids is 1. The van der Waals surface area contributed by atoms with Crippen LogP contribution in [0.5, 0.6) is 0 Å². The Labute approximate surface area is 156 Å². The summed E-state index contributed by atoms with van der Waals surface area (Å²) in [7, 11) is 0. The number of hydrogen-bond donors (Lipinski definition) is 1. The molecule has 6 heteroatoms. The largest absolute Gasteiger partial charge is 0.331 e. The fraction of sp³-hybridized carbons (Fsp3) is 0.286. The molecule has 1 amide bonds. The van der Waals surface area contributed by atoms with Gasteiger partial charge in [0, 0.05) is 24.7 Å². The molecule has 1 heterocycles. The first-order valence-corrected chi connectivity index (χ1v) is 9.20. The van der Waals surface area contributed by atoms with Crippen molar-refractivity contribution in [3.8, 4) is 0 Å². The molecule has 1 N–H and O–H groups in total. The summed E-state index contributed by atoms with van der Waals surface area (Å²) in [4.78, 5) is 41.5. The number of benzene rings is 2. The molecule has 0 saturated heterocycles. The molecule has 1 aliphatic rings. The van der Waals surface area contributed by atoms with Crippen LogP contribution in [0, 0.1) is 0 Å². The maximum atomic E-state index is 13.1. The molecule has 0 radical (unpaired) electrons. The summed E-state index contributed by atoms with van der Waals surface area (Å²) in [6, 6.07) is 15.3. The number of aromatic amines is 1. The smallest absolute Gasteiger partial charge is 0.316 e. The van der Waals surface area contributed by atoms with Gasteiger partial charge in [-0.2, -0.15) is 0 Å². The lowest BCUT2D eigenvalue weighted by atomic mass is 10.1. The van der Waals surface area contributed by atoms with Gasteiger partial charge in [-0.3, -0.25) is 14.4 Å². The van der Waals surface area contributed by atoms with Crippen molar-refractivity contribution in [2.24, 2.45) is 0 Å². The molecule has 0 aliphatic heterocycles. The van der Waals surface area contributed by atoms with Crippen molar-refractivity contribution in [3.63, 3.8) is 0 Å². The number of nitrogens with one attached hydrogen (secondary N) is 1. The summed E-state index contributed by atoms with van der Waals surface area (Å²) >= 11 is 0. The molecule has 6 nitrogen and oxygen atoms in total. The minimum Gasteiger partial charge on any atom is -0.331 e. The summed E-state index contributed by atoms with van der Waals surface area (Å²) in [6.45, 7) is 2.77. The van der Waals surface area contributed by atoms with Crippen LogP contribution in [0.1, 0.15) is 35.7 Å². The maximum Gasteiger partial charge on any atom is 0.316 e. The highest BCUT2D eigenvalue weighted by Crippen LogP contribution is 2.30. The number of carbonyl (C=O) groups is 1. The normalized spacial score (nSPS) is 13.7. The molecular weight excluding hydrogens is 342 g/mol. The summed E-state index contributed by atoms with van der Waals surface area (Å²) < 4.78 is 1.42. The fourth-order valence-electron chi connectivity index (χ4n) is 3.43. The molecule has 0 spiro atoms. The summed E-state index contributed by atoms with van der Waals surface area (Å²) in [5.41, 5.74) is 1.49. The van der Waals surface area contributed by atoms with E-state index in [1.807, 2.05) is 42.2 Å². The lowest BCUT2D eigenvalue weighted by molar-refractivity contribution is 0.0730. The predicted molar refractivity (Wildman–Crippen MR) is 104 cm³/mol. The number of aromatic nitrogens is 2. The Morgan fingerprint density at radius 1 is 1.15 bits per heavy atom. The van der Waals surface area contributed by atoms with Crippen LogP contribution in [0.4, 0.5) is 0 Å². The molecule has 27 heavy (non-hydrogen) atoms. The average Bonchev–Trinajstić information content (AvgIpc) is 3.52. The molecule has 1 fully saturated rings. The van der Waals surface area contributed by atoms with Gasteiger partial charge in [-0.15, -0.1) is 0 Å². The third kappa shape index (κ3) is 3.30. The Kier molecular flexibility index (Phi) is 4.39. The second-order valence-electron chi connectivity index (χ2n) is 6.89. The van der Waals surface area contributed by atoms with E-state index in [1.165, 1.54) is 4.57 Å². The zero-order chi connectivity index (χ0) is 19.0. The first kappa shape index (κ1) is 17.3. The van der Waals surface area contributed by atoms with Crippen LogP contribution < -0.4 is 11.1 Å². The lowest BCUT2D eigenvalue weighted by Crippen LogP contribution is -2.36. The van der Waals surface area contributed by atoms with Crippen LogP contribution >= 0.6 is 0 Å². The molecule has 2 aromatic carbocycles. The SMILES string of the molecule is CCn1c(=O)c(=O)[nH]c2cc(C(=O)N(Cc3ccccc3)C3CC3)ccc21. The van der Waals surface area contributed by atoms with Crippen molar-refractivity contribution in [2.75, 3.05) is 0 Å². The Hall–Kier alpha value is -3.15. The average molecular weight is 363 g/mol. The second-order valence-corrected chi connectivity index (χ2v) is 6.89. The minimum absolute atomic E-state index is 0.0571. The van der Waals surface area contributed by atoms with Crippen molar-refractivity contribution in [1.29, 1.82) is 0 Å². The Morgan fingerprint density at radius 3 is 2.56 bits per heavy atom. The van der Waals surface area contributed by atoms with Crippen molar-refractivity contribution in [1.82, 2.24) is 14.5 Å². The van der Waals surface area contributed by atoms with Gasteiger partial charge >= 0.3 is 11.1 Å². The van der Waals surface area contributed by atoms with E-state index in [0.29, 0.717) is 29.7 Å². The number of fused-ring (bicyclic) bond motifs is 1. The van der Waals surface area contributed by atoms with E-state index in [9.17, 15) is 14.4 Å². The van der Waals surface area contributed by atoms with Crippen molar-refractivity contribution < 1.29 is 4.79 Å².